The van der Waals surface area contributed by atoms with Gasteiger partial charge >= 0.3 is 5.51 Å². The number of nitrogens with one attached hydrogen (secondary N) is 1. The molecule has 0 aliphatic heterocycles. The SMILES string of the molecule is CC(C(=O)Nc1ccc(SC(F)(F)F)cc1)n1ccnc1. The zero-order valence-corrected chi connectivity index (χ0v) is 11.8. The van der Waals surface area contributed by atoms with Crippen LogP contribution in [0.25, 0.3) is 0 Å². The molecular formula is C13H12F3N3OS. The third-order valence-corrected chi connectivity index (χ3v) is 3.45. The zero-order chi connectivity index (χ0) is 15.5. The summed E-state index contributed by atoms with van der Waals surface area (Å²) >= 11 is -0.192. The van der Waals surface area contributed by atoms with Gasteiger partial charge < -0.3 is 9.88 Å². The second kappa shape index (κ2) is 6.21. The van der Waals surface area contributed by atoms with Crippen molar-refractivity contribution in [1.29, 1.82) is 0 Å². The van der Waals surface area contributed by atoms with Crippen LogP contribution in [0, 0.1) is 0 Å². The van der Waals surface area contributed by atoms with Gasteiger partial charge in [-0.25, -0.2) is 4.98 Å². The number of hydrogen-bond acceptors (Lipinski definition) is 3. The summed E-state index contributed by atoms with van der Waals surface area (Å²) in [6.45, 7) is 1.70. The van der Waals surface area contributed by atoms with Crippen LogP contribution in [0.15, 0.2) is 47.9 Å². The highest BCUT2D eigenvalue weighted by Crippen LogP contribution is 2.37. The quantitative estimate of drug-likeness (QED) is 0.875. The highest BCUT2D eigenvalue weighted by molar-refractivity contribution is 8.00. The standard InChI is InChI=1S/C13H12F3N3OS/c1-9(19-7-6-17-8-19)12(20)18-10-2-4-11(5-3-10)21-13(14,15)16/h2-9H,1H3,(H,18,20). The summed E-state index contributed by atoms with van der Waals surface area (Å²) in [5.74, 6) is -0.274. The molecule has 8 heteroatoms. The van der Waals surface area contributed by atoms with Crippen molar-refractivity contribution in [3.8, 4) is 0 Å². The summed E-state index contributed by atoms with van der Waals surface area (Å²) in [4.78, 5) is 15.9. The summed E-state index contributed by atoms with van der Waals surface area (Å²) in [6.07, 6.45) is 4.74. The number of imidazole rings is 1. The van der Waals surface area contributed by atoms with Gasteiger partial charge in [0.15, 0.2) is 0 Å². The summed E-state index contributed by atoms with van der Waals surface area (Å²) in [5, 5.41) is 2.64. The fourth-order valence-electron chi connectivity index (χ4n) is 1.62. The van der Waals surface area contributed by atoms with Gasteiger partial charge in [0, 0.05) is 23.0 Å². The van der Waals surface area contributed by atoms with E-state index >= 15 is 0 Å². The minimum absolute atomic E-state index is 0.0724. The largest absolute Gasteiger partial charge is 0.446 e. The van der Waals surface area contributed by atoms with Crippen LogP contribution in [0.5, 0.6) is 0 Å². The summed E-state index contributed by atoms with van der Waals surface area (Å²) in [7, 11) is 0. The van der Waals surface area contributed by atoms with E-state index in [0.29, 0.717) is 5.69 Å². The van der Waals surface area contributed by atoms with Gasteiger partial charge in [-0.1, -0.05) is 0 Å². The van der Waals surface area contributed by atoms with Crippen LogP contribution in [0.2, 0.25) is 0 Å². The Hall–Kier alpha value is -1.96. The lowest BCUT2D eigenvalue weighted by Crippen LogP contribution is -2.22. The smallest absolute Gasteiger partial charge is 0.325 e. The van der Waals surface area contributed by atoms with E-state index in [-0.39, 0.29) is 22.6 Å². The Balaban J connectivity index is 1.98. The van der Waals surface area contributed by atoms with Crippen LogP contribution in [0.3, 0.4) is 0 Å². The van der Waals surface area contributed by atoms with Crippen molar-refractivity contribution >= 4 is 23.4 Å². The van der Waals surface area contributed by atoms with Crippen molar-refractivity contribution in [3.63, 3.8) is 0 Å². The van der Waals surface area contributed by atoms with Crippen molar-refractivity contribution in [3.05, 3.63) is 43.0 Å². The van der Waals surface area contributed by atoms with Crippen molar-refractivity contribution in [1.82, 2.24) is 9.55 Å². The van der Waals surface area contributed by atoms with Crippen LogP contribution in [-0.2, 0) is 4.79 Å². The molecule has 0 spiro atoms. The number of carbonyl (C=O) groups is 1. The molecule has 21 heavy (non-hydrogen) atoms. The van der Waals surface area contributed by atoms with Gasteiger partial charge in [-0.05, 0) is 43.0 Å². The van der Waals surface area contributed by atoms with Crippen LogP contribution in [0.4, 0.5) is 18.9 Å². The van der Waals surface area contributed by atoms with Gasteiger partial charge in [0.1, 0.15) is 6.04 Å². The van der Waals surface area contributed by atoms with E-state index in [9.17, 15) is 18.0 Å². The monoisotopic (exact) mass is 315 g/mol. The van der Waals surface area contributed by atoms with E-state index in [1.807, 2.05) is 0 Å². The molecule has 0 saturated carbocycles. The molecular weight excluding hydrogens is 303 g/mol. The van der Waals surface area contributed by atoms with Crippen LogP contribution in [0.1, 0.15) is 13.0 Å². The molecule has 1 aromatic carbocycles. The fraction of sp³-hybridized carbons (Fsp3) is 0.231. The van der Waals surface area contributed by atoms with Gasteiger partial charge in [0.25, 0.3) is 0 Å². The molecule has 1 atom stereocenters. The Kier molecular flexibility index (Phi) is 4.56. The maximum atomic E-state index is 12.2. The molecule has 0 bridgehead atoms. The summed E-state index contributed by atoms with van der Waals surface area (Å²) in [6, 6.07) is 5.04. The molecule has 1 unspecified atom stereocenters. The minimum Gasteiger partial charge on any atom is -0.325 e. The lowest BCUT2D eigenvalue weighted by atomic mass is 10.2. The van der Waals surface area contributed by atoms with Gasteiger partial charge in [0.2, 0.25) is 5.91 Å². The van der Waals surface area contributed by atoms with Gasteiger partial charge in [-0.15, -0.1) is 0 Å². The maximum Gasteiger partial charge on any atom is 0.446 e. The molecule has 1 aromatic heterocycles. The number of halogens is 3. The second-order valence-corrected chi connectivity index (χ2v) is 5.39. The first-order chi connectivity index (χ1) is 9.85. The summed E-state index contributed by atoms with van der Waals surface area (Å²) < 4.78 is 38.2. The fourth-order valence-corrected chi connectivity index (χ4v) is 2.16. The number of nitrogens with zero attached hydrogens (tertiary/aromatic N) is 2. The zero-order valence-electron chi connectivity index (χ0n) is 11.0. The van der Waals surface area contributed by atoms with E-state index < -0.39 is 11.6 Å². The molecule has 1 amide bonds. The highest BCUT2D eigenvalue weighted by Gasteiger charge is 2.29. The van der Waals surface area contributed by atoms with Gasteiger partial charge in [0.05, 0.1) is 6.33 Å². The van der Waals surface area contributed by atoms with Crippen LogP contribution in [-0.4, -0.2) is 21.0 Å². The molecule has 0 aliphatic rings. The Bertz CT molecular complexity index is 596. The second-order valence-electron chi connectivity index (χ2n) is 4.25. The van der Waals surface area contributed by atoms with Gasteiger partial charge in [-0.3, -0.25) is 4.79 Å². The van der Waals surface area contributed by atoms with E-state index in [2.05, 4.69) is 10.3 Å². The van der Waals surface area contributed by atoms with E-state index in [1.165, 1.54) is 30.6 Å². The predicted molar refractivity (Wildman–Crippen MR) is 73.9 cm³/mol. The van der Waals surface area contributed by atoms with Crippen molar-refractivity contribution in [2.75, 3.05) is 5.32 Å². The number of hydrogen-bond donors (Lipinski definition) is 1. The first-order valence-corrected chi connectivity index (χ1v) is 6.81. The van der Waals surface area contributed by atoms with E-state index in [4.69, 9.17) is 0 Å². The van der Waals surface area contributed by atoms with E-state index in [0.717, 1.165) is 0 Å². The third-order valence-electron chi connectivity index (χ3n) is 2.71. The molecule has 0 radical (unpaired) electrons. The lowest BCUT2D eigenvalue weighted by molar-refractivity contribution is -0.118. The third kappa shape index (κ3) is 4.52. The van der Waals surface area contributed by atoms with Crippen LogP contribution < -0.4 is 5.32 Å². The number of amides is 1. The first kappa shape index (κ1) is 15.4. The number of anilines is 1. The normalized spacial score (nSPS) is 13.0. The number of thioether (sulfide) groups is 1. The Labute approximate surface area is 123 Å². The molecule has 1 heterocycles. The predicted octanol–water partition coefficient (Wildman–Crippen LogP) is 3.69. The minimum atomic E-state index is -4.32. The number of aromatic nitrogens is 2. The molecule has 2 rings (SSSR count). The summed E-state index contributed by atoms with van der Waals surface area (Å²) in [5.41, 5.74) is -3.88. The van der Waals surface area contributed by atoms with Crippen molar-refractivity contribution < 1.29 is 18.0 Å². The Morgan fingerprint density at radius 3 is 2.52 bits per heavy atom. The molecule has 112 valence electrons. The van der Waals surface area contributed by atoms with Crippen molar-refractivity contribution in [2.45, 2.75) is 23.4 Å². The Morgan fingerprint density at radius 1 is 1.33 bits per heavy atom. The lowest BCUT2D eigenvalue weighted by Gasteiger charge is -2.13. The Morgan fingerprint density at radius 2 is 2.00 bits per heavy atom. The molecule has 2 aromatic rings. The molecule has 0 aliphatic carbocycles. The molecule has 0 fully saturated rings. The molecule has 0 saturated heterocycles. The number of alkyl halides is 3. The topological polar surface area (TPSA) is 46.9 Å². The molecule has 4 nitrogen and oxygen atoms in total. The van der Waals surface area contributed by atoms with E-state index in [1.54, 1.807) is 23.9 Å². The van der Waals surface area contributed by atoms with Crippen molar-refractivity contribution in [2.24, 2.45) is 0 Å². The first-order valence-electron chi connectivity index (χ1n) is 5.99. The molecule has 1 N–H and O–H groups in total. The van der Waals surface area contributed by atoms with Crippen LogP contribution >= 0.6 is 11.8 Å². The van der Waals surface area contributed by atoms with Gasteiger partial charge in [-0.2, -0.15) is 13.2 Å². The average Bonchev–Trinajstić information content (AvgIpc) is 2.92. The number of rotatable bonds is 4. The maximum absolute atomic E-state index is 12.2. The highest BCUT2D eigenvalue weighted by atomic mass is 32.2. The number of benzene rings is 1. The number of carbonyl (C=O) groups excluding carboxylic acids is 1. The average molecular weight is 315 g/mol.